The van der Waals surface area contributed by atoms with E-state index in [4.69, 9.17) is 10.5 Å². The fourth-order valence-electron chi connectivity index (χ4n) is 1.19. The summed E-state index contributed by atoms with van der Waals surface area (Å²) in [5.41, 5.74) is 0.196. The summed E-state index contributed by atoms with van der Waals surface area (Å²) in [6, 6.07) is 4.91. The first-order valence-electron chi connectivity index (χ1n) is 4.15. The molecule has 0 spiro atoms. The van der Waals surface area contributed by atoms with E-state index in [1.165, 1.54) is 13.0 Å². The molecule has 0 aliphatic carbocycles. The average Bonchev–Trinajstić information content (AvgIpc) is 2.20. The molecule has 0 saturated carbocycles. The molecule has 0 aliphatic heterocycles. The van der Waals surface area contributed by atoms with Gasteiger partial charge in [-0.05, 0) is 18.6 Å². The van der Waals surface area contributed by atoms with Crippen LogP contribution in [0.15, 0.2) is 6.07 Å². The summed E-state index contributed by atoms with van der Waals surface area (Å²) in [6.07, 6.45) is -2.89. The molecule has 76 valence electrons. The minimum absolute atomic E-state index is 0.120. The zero-order valence-corrected chi connectivity index (χ0v) is 7.96. The second kappa shape index (κ2) is 4.47. The van der Waals surface area contributed by atoms with Gasteiger partial charge in [0, 0.05) is 0 Å². The second-order valence-electron chi connectivity index (χ2n) is 2.91. The SMILES string of the molecule is Cc1nc(C(F)F)c(CC#N)cc1C#N. The normalized spacial score (nSPS) is 9.73. The third kappa shape index (κ3) is 2.26. The van der Waals surface area contributed by atoms with Crippen molar-refractivity contribution in [2.45, 2.75) is 19.8 Å². The number of nitrogens with zero attached hydrogens (tertiary/aromatic N) is 3. The van der Waals surface area contributed by atoms with Crippen LogP contribution in [-0.2, 0) is 6.42 Å². The van der Waals surface area contributed by atoms with Crippen LogP contribution in [0.4, 0.5) is 8.78 Å². The first kappa shape index (κ1) is 11.1. The number of pyridine rings is 1. The summed E-state index contributed by atoms with van der Waals surface area (Å²) >= 11 is 0. The third-order valence-electron chi connectivity index (χ3n) is 1.92. The Morgan fingerprint density at radius 1 is 1.47 bits per heavy atom. The molecule has 1 aromatic rings. The van der Waals surface area contributed by atoms with Crippen LogP contribution in [0.2, 0.25) is 0 Å². The lowest BCUT2D eigenvalue weighted by Gasteiger charge is -2.07. The van der Waals surface area contributed by atoms with Crippen LogP contribution in [0.1, 0.15) is 28.9 Å². The second-order valence-corrected chi connectivity index (χ2v) is 2.91. The number of halogens is 2. The quantitative estimate of drug-likeness (QED) is 0.747. The molecule has 0 bridgehead atoms. The van der Waals surface area contributed by atoms with Gasteiger partial charge in [0.1, 0.15) is 11.8 Å². The molecule has 5 heteroatoms. The Morgan fingerprint density at radius 3 is 2.60 bits per heavy atom. The Balaban J connectivity index is 3.35. The highest BCUT2D eigenvalue weighted by atomic mass is 19.3. The zero-order valence-electron chi connectivity index (χ0n) is 7.96. The Hall–Kier alpha value is -2.01. The van der Waals surface area contributed by atoms with Crippen LogP contribution in [0.3, 0.4) is 0 Å². The maximum absolute atomic E-state index is 12.5. The molecule has 0 radical (unpaired) electrons. The van der Waals surface area contributed by atoms with Gasteiger partial charge in [0.05, 0.1) is 23.7 Å². The fourth-order valence-corrected chi connectivity index (χ4v) is 1.19. The number of rotatable bonds is 2. The third-order valence-corrected chi connectivity index (χ3v) is 1.92. The summed E-state index contributed by atoms with van der Waals surface area (Å²) in [4.78, 5) is 3.64. The maximum Gasteiger partial charge on any atom is 0.280 e. The number of hydrogen-bond acceptors (Lipinski definition) is 3. The standard InChI is InChI=1S/C10H7F2N3/c1-6-8(5-14)4-7(2-3-13)9(15-6)10(11)12/h4,10H,2H2,1H3. The summed E-state index contributed by atoms with van der Waals surface area (Å²) in [7, 11) is 0. The highest BCUT2D eigenvalue weighted by Crippen LogP contribution is 2.23. The minimum atomic E-state index is -2.72. The van der Waals surface area contributed by atoms with Gasteiger partial charge >= 0.3 is 0 Å². The largest absolute Gasteiger partial charge is 0.280 e. The Morgan fingerprint density at radius 2 is 2.13 bits per heavy atom. The smallest absolute Gasteiger partial charge is 0.250 e. The van der Waals surface area contributed by atoms with Gasteiger partial charge in [-0.2, -0.15) is 10.5 Å². The number of aryl methyl sites for hydroxylation is 1. The van der Waals surface area contributed by atoms with Gasteiger partial charge in [0.15, 0.2) is 0 Å². The van der Waals surface area contributed by atoms with Gasteiger partial charge in [-0.15, -0.1) is 0 Å². The molecule has 0 atom stereocenters. The van der Waals surface area contributed by atoms with E-state index in [9.17, 15) is 8.78 Å². The first-order chi connectivity index (χ1) is 7.10. The van der Waals surface area contributed by atoms with E-state index in [-0.39, 0.29) is 23.2 Å². The monoisotopic (exact) mass is 207 g/mol. The number of aromatic nitrogens is 1. The van der Waals surface area contributed by atoms with Gasteiger partial charge in [-0.25, -0.2) is 8.78 Å². The van der Waals surface area contributed by atoms with Gasteiger partial charge in [-0.1, -0.05) is 0 Å². The molecule has 0 N–H and O–H groups in total. The average molecular weight is 207 g/mol. The van der Waals surface area contributed by atoms with Crippen molar-refractivity contribution in [1.29, 1.82) is 10.5 Å². The molecule has 0 fully saturated rings. The van der Waals surface area contributed by atoms with Crippen molar-refractivity contribution >= 4 is 0 Å². The van der Waals surface area contributed by atoms with E-state index < -0.39 is 12.1 Å². The predicted octanol–water partition coefficient (Wildman–Crippen LogP) is 2.27. The van der Waals surface area contributed by atoms with Crippen LogP contribution in [0.5, 0.6) is 0 Å². The molecule has 1 heterocycles. The van der Waals surface area contributed by atoms with E-state index >= 15 is 0 Å². The lowest BCUT2D eigenvalue weighted by Crippen LogP contribution is -2.02. The molecular formula is C10H7F2N3. The van der Waals surface area contributed by atoms with Crippen LogP contribution >= 0.6 is 0 Å². The zero-order chi connectivity index (χ0) is 11.4. The van der Waals surface area contributed by atoms with Crippen molar-refractivity contribution in [2.75, 3.05) is 0 Å². The number of nitriles is 2. The summed E-state index contributed by atoms with van der Waals surface area (Å²) in [6.45, 7) is 1.49. The van der Waals surface area contributed by atoms with E-state index in [0.717, 1.165) is 0 Å². The Bertz CT molecular complexity index is 455. The lowest BCUT2D eigenvalue weighted by atomic mass is 10.1. The van der Waals surface area contributed by atoms with E-state index in [1.807, 2.05) is 6.07 Å². The summed E-state index contributed by atoms with van der Waals surface area (Å²) in [5, 5.41) is 17.1. The summed E-state index contributed by atoms with van der Waals surface area (Å²) < 4.78 is 25.0. The molecule has 0 unspecified atom stereocenters. The molecule has 3 nitrogen and oxygen atoms in total. The molecule has 15 heavy (non-hydrogen) atoms. The molecule has 1 rings (SSSR count). The molecule has 1 aromatic heterocycles. The van der Waals surface area contributed by atoms with Crippen molar-refractivity contribution in [1.82, 2.24) is 4.98 Å². The van der Waals surface area contributed by atoms with Crippen molar-refractivity contribution in [3.8, 4) is 12.1 Å². The lowest BCUT2D eigenvalue weighted by molar-refractivity contribution is 0.145. The van der Waals surface area contributed by atoms with Crippen LogP contribution in [-0.4, -0.2) is 4.98 Å². The highest BCUT2D eigenvalue weighted by molar-refractivity contribution is 5.39. The molecular weight excluding hydrogens is 200 g/mol. The van der Waals surface area contributed by atoms with Gasteiger partial charge < -0.3 is 0 Å². The predicted molar refractivity (Wildman–Crippen MR) is 48.0 cm³/mol. The van der Waals surface area contributed by atoms with Gasteiger partial charge in [0.2, 0.25) is 0 Å². The first-order valence-corrected chi connectivity index (χ1v) is 4.15. The van der Waals surface area contributed by atoms with E-state index in [1.54, 1.807) is 6.07 Å². The number of alkyl halides is 2. The van der Waals surface area contributed by atoms with Crippen molar-refractivity contribution in [3.63, 3.8) is 0 Å². The van der Waals surface area contributed by atoms with Crippen LogP contribution in [0.25, 0.3) is 0 Å². The number of hydrogen-bond donors (Lipinski definition) is 0. The fraction of sp³-hybridized carbons (Fsp3) is 0.300. The van der Waals surface area contributed by atoms with Crippen LogP contribution < -0.4 is 0 Å². The Kier molecular flexibility index (Phi) is 3.30. The van der Waals surface area contributed by atoms with Crippen molar-refractivity contribution < 1.29 is 8.78 Å². The van der Waals surface area contributed by atoms with Crippen molar-refractivity contribution in [3.05, 3.63) is 28.6 Å². The highest BCUT2D eigenvalue weighted by Gasteiger charge is 2.16. The molecule has 0 aliphatic rings. The maximum atomic E-state index is 12.5. The molecule has 0 aromatic carbocycles. The molecule has 0 saturated heterocycles. The Labute approximate surface area is 85.6 Å². The van der Waals surface area contributed by atoms with Crippen molar-refractivity contribution in [2.24, 2.45) is 0 Å². The van der Waals surface area contributed by atoms with Gasteiger partial charge in [0.25, 0.3) is 6.43 Å². The summed E-state index contributed by atoms with van der Waals surface area (Å²) in [5.74, 6) is 0. The minimum Gasteiger partial charge on any atom is -0.250 e. The topological polar surface area (TPSA) is 60.5 Å². The van der Waals surface area contributed by atoms with Crippen LogP contribution in [0, 0.1) is 29.6 Å². The van der Waals surface area contributed by atoms with Gasteiger partial charge in [-0.3, -0.25) is 4.98 Å². The van der Waals surface area contributed by atoms with E-state index in [0.29, 0.717) is 0 Å². The van der Waals surface area contributed by atoms with E-state index in [2.05, 4.69) is 4.98 Å². The molecule has 0 amide bonds.